The number of hydrogen-bond acceptors (Lipinski definition) is 3. The molecule has 14 heavy (non-hydrogen) atoms. The van der Waals surface area contributed by atoms with Gasteiger partial charge >= 0.3 is 0 Å². The van der Waals surface area contributed by atoms with Crippen molar-refractivity contribution in [1.82, 2.24) is 5.32 Å². The highest BCUT2D eigenvalue weighted by Crippen LogP contribution is 2.31. The van der Waals surface area contributed by atoms with Gasteiger partial charge in [-0.3, -0.25) is 0 Å². The maximum absolute atomic E-state index is 5.18. The number of nitrogens with one attached hydrogen (secondary N) is 1. The Labute approximate surface area is 91.2 Å². The van der Waals surface area contributed by atoms with E-state index in [1.165, 1.54) is 37.3 Å². The smallest absolute Gasteiger partial charge is 0.0615 e. The lowest BCUT2D eigenvalue weighted by atomic mass is 9.92. The van der Waals surface area contributed by atoms with Gasteiger partial charge in [0.1, 0.15) is 0 Å². The lowest BCUT2D eigenvalue weighted by Crippen LogP contribution is -2.25. The first-order valence-corrected chi connectivity index (χ1v) is 6.84. The van der Waals surface area contributed by atoms with Crippen molar-refractivity contribution in [2.75, 3.05) is 31.8 Å². The van der Waals surface area contributed by atoms with Crippen LogP contribution in [-0.4, -0.2) is 37.8 Å². The molecule has 0 aromatic rings. The minimum Gasteiger partial charge on any atom is -0.383 e. The van der Waals surface area contributed by atoms with Gasteiger partial charge in [0, 0.05) is 13.2 Å². The molecule has 0 aromatic heterocycles. The van der Waals surface area contributed by atoms with Crippen LogP contribution in [0.3, 0.4) is 0 Å². The first-order chi connectivity index (χ1) is 6.88. The average Bonchev–Trinajstić information content (AvgIpc) is 2.79. The van der Waals surface area contributed by atoms with E-state index in [-0.39, 0.29) is 0 Å². The third kappa shape index (κ3) is 2.88. The van der Waals surface area contributed by atoms with E-state index in [4.69, 9.17) is 4.74 Å². The molecule has 2 saturated heterocycles. The summed E-state index contributed by atoms with van der Waals surface area (Å²) in [7, 11) is 1.79. The van der Waals surface area contributed by atoms with Crippen LogP contribution in [0.4, 0.5) is 0 Å². The van der Waals surface area contributed by atoms with Crippen molar-refractivity contribution in [3.05, 3.63) is 0 Å². The van der Waals surface area contributed by atoms with Gasteiger partial charge in [-0.25, -0.2) is 0 Å². The van der Waals surface area contributed by atoms with Gasteiger partial charge < -0.3 is 10.1 Å². The van der Waals surface area contributed by atoms with Crippen molar-refractivity contribution in [2.45, 2.75) is 25.3 Å². The summed E-state index contributed by atoms with van der Waals surface area (Å²) >= 11 is 2.13. The predicted molar refractivity (Wildman–Crippen MR) is 61.8 cm³/mol. The molecule has 0 radical (unpaired) electrons. The second kappa shape index (κ2) is 5.38. The van der Waals surface area contributed by atoms with E-state index in [2.05, 4.69) is 17.1 Å². The zero-order valence-corrected chi connectivity index (χ0v) is 9.81. The van der Waals surface area contributed by atoms with Crippen LogP contribution >= 0.6 is 11.8 Å². The van der Waals surface area contributed by atoms with Crippen LogP contribution < -0.4 is 5.32 Å². The second-order valence-electron chi connectivity index (χ2n) is 4.63. The Morgan fingerprint density at radius 3 is 3.07 bits per heavy atom. The van der Waals surface area contributed by atoms with Gasteiger partial charge in [0.25, 0.3) is 0 Å². The van der Waals surface area contributed by atoms with Gasteiger partial charge in [-0.15, -0.1) is 0 Å². The molecule has 2 aliphatic rings. The molecule has 0 amide bonds. The molecule has 2 rings (SSSR count). The Bertz CT molecular complexity index is 171. The summed E-state index contributed by atoms with van der Waals surface area (Å²) in [6.07, 6.45) is 4.23. The minimum absolute atomic E-state index is 0.624. The van der Waals surface area contributed by atoms with Crippen molar-refractivity contribution in [1.29, 1.82) is 0 Å². The molecule has 0 aromatic carbocycles. The zero-order chi connectivity index (χ0) is 9.80. The fraction of sp³-hybridized carbons (Fsp3) is 1.00. The van der Waals surface area contributed by atoms with E-state index in [0.29, 0.717) is 6.04 Å². The SMILES string of the molecule is COCC1CC(CC2CCSC2)CN1. The van der Waals surface area contributed by atoms with Crippen molar-refractivity contribution >= 4 is 11.8 Å². The summed E-state index contributed by atoms with van der Waals surface area (Å²) in [5.41, 5.74) is 0. The monoisotopic (exact) mass is 215 g/mol. The molecular weight excluding hydrogens is 194 g/mol. The number of rotatable bonds is 4. The van der Waals surface area contributed by atoms with E-state index >= 15 is 0 Å². The number of ether oxygens (including phenoxy) is 1. The predicted octanol–water partition coefficient (Wildman–Crippen LogP) is 1.75. The molecule has 2 heterocycles. The molecule has 82 valence electrons. The summed E-state index contributed by atoms with van der Waals surface area (Å²) in [6.45, 7) is 2.10. The van der Waals surface area contributed by atoms with Gasteiger partial charge in [0.05, 0.1) is 6.61 Å². The Morgan fingerprint density at radius 1 is 1.43 bits per heavy atom. The van der Waals surface area contributed by atoms with Gasteiger partial charge in [0.2, 0.25) is 0 Å². The van der Waals surface area contributed by atoms with Crippen LogP contribution in [0.2, 0.25) is 0 Å². The van der Waals surface area contributed by atoms with Crippen LogP contribution in [0.25, 0.3) is 0 Å². The Hall–Kier alpha value is 0.270. The van der Waals surface area contributed by atoms with Crippen LogP contribution in [0, 0.1) is 11.8 Å². The molecule has 0 saturated carbocycles. The molecule has 2 aliphatic heterocycles. The Kier molecular flexibility index (Phi) is 4.14. The summed E-state index contributed by atoms with van der Waals surface area (Å²) in [4.78, 5) is 0. The third-order valence-electron chi connectivity index (χ3n) is 3.37. The van der Waals surface area contributed by atoms with Gasteiger partial charge in [0.15, 0.2) is 0 Å². The molecule has 0 bridgehead atoms. The highest BCUT2D eigenvalue weighted by Gasteiger charge is 2.27. The van der Waals surface area contributed by atoms with E-state index < -0.39 is 0 Å². The fourth-order valence-electron chi connectivity index (χ4n) is 2.65. The van der Waals surface area contributed by atoms with Crippen molar-refractivity contribution in [3.63, 3.8) is 0 Å². The summed E-state index contributed by atoms with van der Waals surface area (Å²) in [5, 5.41) is 3.55. The molecule has 3 heteroatoms. The number of thioether (sulfide) groups is 1. The van der Waals surface area contributed by atoms with Gasteiger partial charge in [-0.05, 0) is 49.1 Å². The maximum Gasteiger partial charge on any atom is 0.0615 e. The standard InChI is InChI=1S/C11H21NOS/c1-13-7-11-5-10(6-12-11)4-9-2-3-14-8-9/h9-12H,2-8H2,1H3. The van der Waals surface area contributed by atoms with Crippen LogP contribution in [-0.2, 0) is 4.74 Å². The highest BCUT2D eigenvalue weighted by molar-refractivity contribution is 7.99. The maximum atomic E-state index is 5.18. The first-order valence-electron chi connectivity index (χ1n) is 5.68. The topological polar surface area (TPSA) is 21.3 Å². The van der Waals surface area contributed by atoms with Crippen molar-refractivity contribution in [2.24, 2.45) is 11.8 Å². The normalized spacial score (nSPS) is 37.9. The molecular formula is C11H21NOS. The fourth-order valence-corrected chi connectivity index (χ4v) is 3.95. The quantitative estimate of drug-likeness (QED) is 0.772. The molecule has 0 aliphatic carbocycles. The Balaban J connectivity index is 1.67. The second-order valence-corrected chi connectivity index (χ2v) is 5.78. The van der Waals surface area contributed by atoms with E-state index in [9.17, 15) is 0 Å². The lowest BCUT2D eigenvalue weighted by Gasteiger charge is -2.13. The number of methoxy groups -OCH3 is 1. The van der Waals surface area contributed by atoms with Crippen LogP contribution in [0.1, 0.15) is 19.3 Å². The van der Waals surface area contributed by atoms with Crippen LogP contribution in [0.5, 0.6) is 0 Å². The van der Waals surface area contributed by atoms with Crippen molar-refractivity contribution in [3.8, 4) is 0 Å². The van der Waals surface area contributed by atoms with E-state index in [1.54, 1.807) is 7.11 Å². The largest absolute Gasteiger partial charge is 0.383 e. The average molecular weight is 215 g/mol. The van der Waals surface area contributed by atoms with Crippen LogP contribution in [0.15, 0.2) is 0 Å². The molecule has 3 unspecified atom stereocenters. The molecule has 3 atom stereocenters. The molecule has 0 spiro atoms. The Morgan fingerprint density at radius 2 is 2.36 bits per heavy atom. The van der Waals surface area contributed by atoms with E-state index in [0.717, 1.165) is 18.4 Å². The molecule has 1 N–H and O–H groups in total. The lowest BCUT2D eigenvalue weighted by molar-refractivity contribution is 0.172. The first kappa shape index (κ1) is 10.8. The van der Waals surface area contributed by atoms with E-state index in [1.807, 2.05) is 0 Å². The molecule has 2 nitrogen and oxygen atoms in total. The molecule has 2 fully saturated rings. The minimum atomic E-state index is 0.624. The van der Waals surface area contributed by atoms with Crippen molar-refractivity contribution < 1.29 is 4.74 Å². The zero-order valence-electron chi connectivity index (χ0n) is 9.00. The third-order valence-corrected chi connectivity index (χ3v) is 4.60. The van der Waals surface area contributed by atoms with Gasteiger partial charge in [-0.2, -0.15) is 11.8 Å². The van der Waals surface area contributed by atoms with Gasteiger partial charge in [-0.1, -0.05) is 0 Å². The highest BCUT2D eigenvalue weighted by atomic mass is 32.2. The summed E-state index contributed by atoms with van der Waals surface area (Å²) in [5.74, 6) is 4.73. The summed E-state index contributed by atoms with van der Waals surface area (Å²) in [6, 6.07) is 0.624. The summed E-state index contributed by atoms with van der Waals surface area (Å²) < 4.78 is 5.18. The number of hydrogen-bond donors (Lipinski definition) is 1.